The molecule has 1 saturated heterocycles. The number of benzene rings is 1. The Hall–Kier alpha value is -3.65. The number of anilines is 3. The van der Waals surface area contributed by atoms with E-state index in [2.05, 4.69) is 27.3 Å². The summed E-state index contributed by atoms with van der Waals surface area (Å²) in [7, 11) is 0. The molecule has 2 aliphatic rings. The van der Waals surface area contributed by atoms with Crippen molar-refractivity contribution >= 4 is 23.2 Å². The molecule has 1 N–H and O–H groups in total. The maximum atomic E-state index is 12.9. The summed E-state index contributed by atoms with van der Waals surface area (Å²) in [6.07, 6.45) is 3.28. The SMILES string of the molecule is O=C(Nc1ccncc1)N1CCOc2ccc(-c3cccc(N4CCOCC4)c3)nc21. The fourth-order valence-electron chi connectivity index (χ4n) is 3.76. The standard InChI is InChI=1S/C23H23N5O3/c29-23(25-18-6-8-24-9-7-18)28-12-15-31-21-5-4-20(26-22(21)28)17-2-1-3-19(16-17)27-10-13-30-14-11-27/h1-9,16H,10-15H2,(H,24,25,29). The Labute approximate surface area is 180 Å². The fourth-order valence-corrected chi connectivity index (χ4v) is 3.76. The highest BCUT2D eigenvalue weighted by Gasteiger charge is 2.26. The molecule has 31 heavy (non-hydrogen) atoms. The number of ether oxygens (including phenoxy) is 2. The molecular weight excluding hydrogens is 394 g/mol. The molecule has 3 aromatic rings. The smallest absolute Gasteiger partial charge is 0.327 e. The second-order valence-electron chi connectivity index (χ2n) is 7.33. The van der Waals surface area contributed by atoms with E-state index in [0.717, 1.165) is 43.2 Å². The molecule has 0 aliphatic carbocycles. The highest BCUT2D eigenvalue weighted by molar-refractivity contribution is 6.02. The summed E-state index contributed by atoms with van der Waals surface area (Å²) in [4.78, 5) is 25.6. The molecule has 2 amide bonds. The summed E-state index contributed by atoms with van der Waals surface area (Å²) in [5.74, 6) is 1.12. The van der Waals surface area contributed by atoms with Gasteiger partial charge in [0, 0.05) is 42.4 Å². The molecule has 0 unspecified atom stereocenters. The first-order valence-electron chi connectivity index (χ1n) is 10.3. The van der Waals surface area contributed by atoms with Gasteiger partial charge in [0.2, 0.25) is 0 Å². The van der Waals surface area contributed by atoms with Crippen molar-refractivity contribution < 1.29 is 14.3 Å². The Balaban J connectivity index is 1.42. The van der Waals surface area contributed by atoms with Crippen molar-refractivity contribution in [1.29, 1.82) is 0 Å². The zero-order valence-electron chi connectivity index (χ0n) is 17.0. The Bertz CT molecular complexity index is 1070. The molecule has 2 aliphatic heterocycles. The summed E-state index contributed by atoms with van der Waals surface area (Å²) in [6.45, 7) is 4.06. The number of hydrogen-bond donors (Lipinski definition) is 1. The molecule has 1 fully saturated rings. The largest absolute Gasteiger partial charge is 0.488 e. The average Bonchev–Trinajstić information content (AvgIpc) is 2.84. The van der Waals surface area contributed by atoms with Crippen LogP contribution in [0.2, 0.25) is 0 Å². The number of rotatable bonds is 3. The van der Waals surface area contributed by atoms with E-state index in [1.807, 2.05) is 24.3 Å². The van der Waals surface area contributed by atoms with Gasteiger partial charge in [0.1, 0.15) is 6.61 Å². The van der Waals surface area contributed by atoms with Crippen molar-refractivity contribution in [2.75, 3.05) is 54.6 Å². The van der Waals surface area contributed by atoms with Crippen LogP contribution < -0.4 is 19.9 Å². The highest BCUT2D eigenvalue weighted by atomic mass is 16.5. The van der Waals surface area contributed by atoms with Crippen molar-refractivity contribution in [3.05, 3.63) is 60.9 Å². The van der Waals surface area contributed by atoms with Crippen LogP contribution in [0.25, 0.3) is 11.3 Å². The topological polar surface area (TPSA) is 79.8 Å². The van der Waals surface area contributed by atoms with Crippen molar-refractivity contribution in [3.63, 3.8) is 0 Å². The van der Waals surface area contributed by atoms with Crippen molar-refractivity contribution in [3.8, 4) is 17.0 Å². The maximum Gasteiger partial charge on any atom is 0.327 e. The average molecular weight is 417 g/mol. The third kappa shape index (κ3) is 4.15. The lowest BCUT2D eigenvalue weighted by molar-refractivity contribution is 0.122. The third-order valence-electron chi connectivity index (χ3n) is 5.36. The Kier molecular flexibility index (Phi) is 5.37. The number of amides is 2. The van der Waals surface area contributed by atoms with Gasteiger partial charge in [-0.25, -0.2) is 9.78 Å². The third-order valence-corrected chi connectivity index (χ3v) is 5.36. The number of pyridine rings is 2. The van der Waals surface area contributed by atoms with Gasteiger partial charge in [-0.1, -0.05) is 12.1 Å². The molecule has 0 saturated carbocycles. The number of urea groups is 1. The van der Waals surface area contributed by atoms with Crippen molar-refractivity contribution in [2.24, 2.45) is 0 Å². The van der Waals surface area contributed by atoms with Crippen LogP contribution >= 0.6 is 0 Å². The number of nitrogens with zero attached hydrogens (tertiary/aromatic N) is 4. The van der Waals surface area contributed by atoms with E-state index < -0.39 is 0 Å². The molecule has 8 heteroatoms. The number of carbonyl (C=O) groups is 1. The Morgan fingerprint density at radius 3 is 2.65 bits per heavy atom. The first kappa shape index (κ1) is 19.3. The fraction of sp³-hybridized carbons (Fsp3) is 0.261. The van der Waals surface area contributed by atoms with E-state index in [4.69, 9.17) is 14.5 Å². The molecule has 2 aromatic heterocycles. The van der Waals surface area contributed by atoms with E-state index in [1.165, 1.54) is 0 Å². The molecule has 0 radical (unpaired) electrons. The molecule has 0 atom stereocenters. The molecule has 158 valence electrons. The Morgan fingerprint density at radius 2 is 1.81 bits per heavy atom. The number of carbonyl (C=O) groups excluding carboxylic acids is 1. The molecule has 0 spiro atoms. The van der Waals surface area contributed by atoms with Crippen LogP contribution in [-0.4, -0.2) is 55.5 Å². The zero-order valence-corrected chi connectivity index (χ0v) is 17.0. The molecule has 0 bridgehead atoms. The number of hydrogen-bond acceptors (Lipinski definition) is 6. The van der Waals surface area contributed by atoms with E-state index in [1.54, 1.807) is 29.4 Å². The quantitative estimate of drug-likeness (QED) is 0.704. The van der Waals surface area contributed by atoms with Gasteiger partial charge in [0.15, 0.2) is 11.6 Å². The lowest BCUT2D eigenvalue weighted by Crippen LogP contribution is -2.41. The molecule has 4 heterocycles. The van der Waals surface area contributed by atoms with Crippen LogP contribution in [0.4, 0.5) is 22.0 Å². The zero-order chi connectivity index (χ0) is 21.0. The normalized spacial score (nSPS) is 15.7. The number of aromatic nitrogens is 2. The summed E-state index contributed by atoms with van der Waals surface area (Å²) in [5.41, 5.74) is 3.61. The highest BCUT2D eigenvalue weighted by Crippen LogP contribution is 2.34. The molecule has 8 nitrogen and oxygen atoms in total. The minimum Gasteiger partial charge on any atom is -0.488 e. The minimum absolute atomic E-state index is 0.248. The van der Waals surface area contributed by atoms with Crippen LogP contribution in [0.3, 0.4) is 0 Å². The van der Waals surface area contributed by atoms with Gasteiger partial charge in [-0.15, -0.1) is 0 Å². The summed E-state index contributed by atoms with van der Waals surface area (Å²) >= 11 is 0. The first-order valence-corrected chi connectivity index (χ1v) is 10.3. The van der Waals surface area contributed by atoms with Gasteiger partial charge in [0.25, 0.3) is 0 Å². The van der Waals surface area contributed by atoms with E-state index in [-0.39, 0.29) is 6.03 Å². The molecular formula is C23H23N5O3. The second-order valence-corrected chi connectivity index (χ2v) is 7.33. The van der Waals surface area contributed by atoms with Crippen LogP contribution in [-0.2, 0) is 4.74 Å². The maximum absolute atomic E-state index is 12.9. The number of morpholine rings is 1. The van der Waals surface area contributed by atoms with E-state index in [9.17, 15) is 4.79 Å². The molecule has 5 rings (SSSR count). The summed E-state index contributed by atoms with van der Waals surface area (Å²) in [5, 5.41) is 2.90. The van der Waals surface area contributed by atoms with Gasteiger partial charge < -0.3 is 19.7 Å². The van der Waals surface area contributed by atoms with Gasteiger partial charge in [0.05, 0.1) is 25.5 Å². The minimum atomic E-state index is -0.248. The monoisotopic (exact) mass is 417 g/mol. The van der Waals surface area contributed by atoms with Gasteiger partial charge in [-0.05, 0) is 36.4 Å². The molecule has 1 aromatic carbocycles. The first-order chi connectivity index (χ1) is 15.3. The van der Waals surface area contributed by atoms with Gasteiger partial charge >= 0.3 is 6.03 Å². The van der Waals surface area contributed by atoms with Crippen molar-refractivity contribution in [2.45, 2.75) is 0 Å². The predicted molar refractivity (Wildman–Crippen MR) is 119 cm³/mol. The summed E-state index contributed by atoms with van der Waals surface area (Å²) < 4.78 is 11.2. The Morgan fingerprint density at radius 1 is 0.968 bits per heavy atom. The lowest BCUT2D eigenvalue weighted by Gasteiger charge is -2.30. The predicted octanol–water partition coefficient (Wildman–Crippen LogP) is 3.41. The van der Waals surface area contributed by atoms with Crippen LogP contribution in [0, 0.1) is 0 Å². The van der Waals surface area contributed by atoms with Gasteiger partial charge in [-0.2, -0.15) is 0 Å². The van der Waals surface area contributed by atoms with Gasteiger partial charge in [-0.3, -0.25) is 9.88 Å². The van der Waals surface area contributed by atoms with Crippen LogP contribution in [0.5, 0.6) is 5.75 Å². The van der Waals surface area contributed by atoms with Crippen LogP contribution in [0.1, 0.15) is 0 Å². The van der Waals surface area contributed by atoms with Crippen LogP contribution in [0.15, 0.2) is 60.9 Å². The number of fused-ring (bicyclic) bond motifs is 1. The number of nitrogens with one attached hydrogen (secondary N) is 1. The second kappa shape index (κ2) is 8.61. The van der Waals surface area contributed by atoms with Crippen molar-refractivity contribution in [1.82, 2.24) is 9.97 Å². The summed E-state index contributed by atoms with van der Waals surface area (Å²) in [6, 6.07) is 15.4. The van der Waals surface area contributed by atoms with E-state index in [0.29, 0.717) is 30.4 Å². The van der Waals surface area contributed by atoms with E-state index >= 15 is 0 Å². The lowest BCUT2D eigenvalue weighted by atomic mass is 10.1.